The molecular formula is C31H28O2. The first-order valence-corrected chi connectivity index (χ1v) is 11.4. The van der Waals surface area contributed by atoms with Crippen LogP contribution in [0.25, 0.3) is 21.5 Å². The number of fused-ring (bicyclic) bond motifs is 3. The van der Waals surface area contributed by atoms with Crippen LogP contribution in [0.1, 0.15) is 44.9 Å². The number of hydrogen-bond acceptors (Lipinski definition) is 2. The van der Waals surface area contributed by atoms with Gasteiger partial charge in [-0.05, 0) is 106 Å². The van der Waals surface area contributed by atoms with Crippen LogP contribution < -0.4 is 0 Å². The minimum absolute atomic E-state index is 0.0434. The van der Waals surface area contributed by atoms with E-state index >= 15 is 0 Å². The molecule has 2 nitrogen and oxygen atoms in total. The summed E-state index contributed by atoms with van der Waals surface area (Å²) in [6.07, 6.45) is 0. The molecular weight excluding hydrogens is 404 g/mol. The van der Waals surface area contributed by atoms with Crippen LogP contribution in [0.3, 0.4) is 0 Å². The van der Waals surface area contributed by atoms with Gasteiger partial charge in [0, 0.05) is 5.92 Å². The largest absolute Gasteiger partial charge is 0.508 e. The van der Waals surface area contributed by atoms with Crippen LogP contribution in [0.15, 0.2) is 78.9 Å². The predicted molar refractivity (Wildman–Crippen MR) is 138 cm³/mol. The summed E-state index contributed by atoms with van der Waals surface area (Å²) < 4.78 is 0. The summed E-state index contributed by atoms with van der Waals surface area (Å²) in [5.74, 6) is 0.590. The zero-order chi connectivity index (χ0) is 23.3. The zero-order valence-electron chi connectivity index (χ0n) is 19.5. The van der Waals surface area contributed by atoms with Gasteiger partial charge in [-0.3, -0.25) is 0 Å². The van der Waals surface area contributed by atoms with Crippen molar-refractivity contribution in [1.82, 2.24) is 0 Å². The van der Waals surface area contributed by atoms with Crippen LogP contribution in [-0.4, -0.2) is 10.2 Å². The van der Waals surface area contributed by atoms with Crippen LogP contribution in [0.5, 0.6) is 11.5 Å². The quantitative estimate of drug-likeness (QED) is 0.225. The van der Waals surface area contributed by atoms with Crippen molar-refractivity contribution in [1.29, 1.82) is 0 Å². The first-order chi connectivity index (χ1) is 15.8. The maximum absolute atomic E-state index is 10.4. The maximum Gasteiger partial charge on any atom is 0.118 e. The Balaban J connectivity index is 1.93. The molecule has 0 aliphatic rings. The van der Waals surface area contributed by atoms with E-state index in [-0.39, 0.29) is 5.92 Å². The van der Waals surface area contributed by atoms with Crippen molar-refractivity contribution >= 4 is 21.5 Å². The molecule has 0 atom stereocenters. The lowest BCUT2D eigenvalue weighted by molar-refractivity contribution is 0.470. The zero-order valence-corrected chi connectivity index (χ0v) is 19.5. The van der Waals surface area contributed by atoms with Crippen LogP contribution in [0.4, 0.5) is 0 Å². The highest BCUT2D eigenvalue weighted by Gasteiger charge is 2.25. The predicted octanol–water partition coefficient (Wildman–Crippen LogP) is 7.82. The monoisotopic (exact) mass is 432 g/mol. The minimum Gasteiger partial charge on any atom is -0.508 e. The molecule has 0 amide bonds. The third-order valence-corrected chi connectivity index (χ3v) is 6.90. The number of benzene rings is 5. The Labute approximate surface area is 194 Å². The number of aryl methyl sites for hydroxylation is 4. The lowest BCUT2D eigenvalue weighted by Crippen LogP contribution is -2.09. The molecule has 0 aliphatic heterocycles. The average Bonchev–Trinajstić information content (AvgIpc) is 2.80. The molecule has 0 saturated heterocycles. The molecule has 5 aromatic carbocycles. The summed E-state index contributed by atoms with van der Waals surface area (Å²) in [6, 6.07) is 27.4. The Morgan fingerprint density at radius 3 is 1.55 bits per heavy atom. The number of phenols is 2. The molecule has 5 aromatic rings. The van der Waals surface area contributed by atoms with Gasteiger partial charge in [0.1, 0.15) is 11.5 Å². The van der Waals surface area contributed by atoms with Gasteiger partial charge in [0.2, 0.25) is 0 Å². The fourth-order valence-electron chi connectivity index (χ4n) is 5.09. The second-order valence-corrected chi connectivity index (χ2v) is 9.16. The molecule has 0 unspecified atom stereocenters. The summed E-state index contributed by atoms with van der Waals surface area (Å²) in [6.45, 7) is 8.02. The van der Waals surface area contributed by atoms with Crippen LogP contribution in [-0.2, 0) is 0 Å². The highest BCUT2D eigenvalue weighted by molar-refractivity contribution is 6.09. The van der Waals surface area contributed by atoms with Crippen molar-refractivity contribution in [2.24, 2.45) is 0 Å². The lowest BCUT2D eigenvalue weighted by atomic mass is 9.77. The van der Waals surface area contributed by atoms with E-state index in [1.54, 1.807) is 0 Å². The third kappa shape index (κ3) is 3.52. The van der Waals surface area contributed by atoms with Gasteiger partial charge >= 0.3 is 0 Å². The number of aromatic hydroxyl groups is 2. The van der Waals surface area contributed by atoms with Crippen molar-refractivity contribution in [2.45, 2.75) is 33.6 Å². The summed E-state index contributed by atoms with van der Waals surface area (Å²) >= 11 is 0. The van der Waals surface area contributed by atoms with E-state index in [0.717, 1.165) is 22.3 Å². The molecule has 0 aliphatic carbocycles. The number of hydrogen-bond donors (Lipinski definition) is 2. The molecule has 2 N–H and O–H groups in total. The van der Waals surface area contributed by atoms with Gasteiger partial charge in [-0.25, -0.2) is 0 Å². The van der Waals surface area contributed by atoms with Crippen molar-refractivity contribution in [2.75, 3.05) is 0 Å². The SMILES string of the molecule is Cc1cc(C(c2cc(C)c(O)cc2C)c2cc3ccccc3c3ccccc23)c(C)cc1O. The third-order valence-electron chi connectivity index (χ3n) is 6.90. The molecule has 5 rings (SSSR count). The Kier molecular flexibility index (Phi) is 5.09. The van der Waals surface area contributed by atoms with Gasteiger partial charge in [-0.2, -0.15) is 0 Å². The first kappa shape index (κ1) is 21.1. The Morgan fingerprint density at radius 1 is 0.485 bits per heavy atom. The van der Waals surface area contributed by atoms with Gasteiger partial charge in [0.05, 0.1) is 0 Å². The lowest BCUT2D eigenvalue weighted by Gasteiger charge is -2.26. The van der Waals surface area contributed by atoms with Crippen molar-refractivity contribution in [3.05, 3.63) is 118 Å². The van der Waals surface area contributed by atoms with E-state index in [9.17, 15) is 10.2 Å². The fourth-order valence-corrected chi connectivity index (χ4v) is 5.09. The average molecular weight is 433 g/mol. The summed E-state index contributed by atoms with van der Waals surface area (Å²) in [7, 11) is 0. The minimum atomic E-state index is -0.0434. The molecule has 0 spiro atoms. The van der Waals surface area contributed by atoms with Crippen molar-refractivity contribution in [3.63, 3.8) is 0 Å². The van der Waals surface area contributed by atoms with E-state index < -0.39 is 0 Å². The topological polar surface area (TPSA) is 40.5 Å². The van der Waals surface area contributed by atoms with E-state index in [4.69, 9.17) is 0 Å². The van der Waals surface area contributed by atoms with Crippen molar-refractivity contribution < 1.29 is 10.2 Å². The van der Waals surface area contributed by atoms with Gasteiger partial charge in [-0.15, -0.1) is 0 Å². The van der Waals surface area contributed by atoms with Gasteiger partial charge < -0.3 is 10.2 Å². The molecule has 33 heavy (non-hydrogen) atoms. The number of phenolic OH excluding ortho intramolecular Hbond substituents is 2. The highest BCUT2D eigenvalue weighted by atomic mass is 16.3. The maximum atomic E-state index is 10.4. The summed E-state index contributed by atoms with van der Waals surface area (Å²) in [4.78, 5) is 0. The smallest absolute Gasteiger partial charge is 0.118 e. The highest BCUT2D eigenvalue weighted by Crippen LogP contribution is 2.43. The van der Waals surface area contributed by atoms with Gasteiger partial charge in [0.25, 0.3) is 0 Å². The van der Waals surface area contributed by atoms with Gasteiger partial charge in [-0.1, -0.05) is 60.7 Å². The van der Waals surface area contributed by atoms with E-state index in [2.05, 4.69) is 80.6 Å². The van der Waals surface area contributed by atoms with Crippen LogP contribution in [0, 0.1) is 27.7 Å². The molecule has 164 valence electrons. The normalized spacial score (nSPS) is 11.5. The Morgan fingerprint density at radius 2 is 0.970 bits per heavy atom. The molecule has 0 heterocycles. The van der Waals surface area contributed by atoms with Gasteiger partial charge in [0.15, 0.2) is 0 Å². The molecule has 2 heteroatoms. The fraction of sp³-hybridized carbons (Fsp3) is 0.161. The Hall–Kier alpha value is -3.78. The first-order valence-electron chi connectivity index (χ1n) is 11.4. The van der Waals surface area contributed by atoms with Crippen LogP contribution >= 0.6 is 0 Å². The molecule has 0 aromatic heterocycles. The molecule has 0 bridgehead atoms. The number of rotatable bonds is 3. The van der Waals surface area contributed by atoms with E-state index in [1.807, 2.05) is 26.0 Å². The van der Waals surface area contributed by atoms with Crippen LogP contribution in [0.2, 0.25) is 0 Å². The second-order valence-electron chi connectivity index (χ2n) is 9.16. The van der Waals surface area contributed by atoms with Crippen molar-refractivity contribution in [3.8, 4) is 11.5 Å². The summed E-state index contributed by atoms with van der Waals surface area (Å²) in [5, 5.41) is 25.6. The molecule has 0 radical (unpaired) electrons. The second kappa shape index (κ2) is 7.97. The van der Waals surface area contributed by atoms with E-state index in [0.29, 0.717) is 11.5 Å². The standard InChI is InChI=1S/C31H28O2/c1-18-15-29(32)20(3)13-26(18)31(27-14-21(4)30(33)16-19(27)2)28-17-22-9-5-6-10-23(22)24-11-7-8-12-25(24)28/h5-17,31-33H,1-4H3. The Bertz CT molecular complexity index is 1470. The van der Waals surface area contributed by atoms with E-state index in [1.165, 1.54) is 38.2 Å². The summed E-state index contributed by atoms with van der Waals surface area (Å²) in [5.41, 5.74) is 7.37. The molecule has 0 saturated carbocycles. The molecule has 0 fully saturated rings.